The van der Waals surface area contributed by atoms with Crippen LogP contribution in [0.25, 0.3) is 10.9 Å². The number of fused-ring (bicyclic) bond motifs is 1. The zero-order valence-corrected chi connectivity index (χ0v) is 17.5. The van der Waals surface area contributed by atoms with Gasteiger partial charge < -0.3 is 9.98 Å². The molecule has 0 aliphatic heterocycles. The van der Waals surface area contributed by atoms with Crippen LogP contribution in [0.2, 0.25) is 0 Å². The monoisotopic (exact) mass is 460 g/mol. The normalized spacial score (nSPS) is 11.2. The van der Waals surface area contributed by atoms with Crippen molar-refractivity contribution in [3.8, 4) is 0 Å². The number of benzene rings is 2. The maximum absolute atomic E-state index is 8.08. The molecule has 1 heterocycles. The number of aryl methyl sites for hydroxylation is 1. The topological polar surface area (TPSA) is 28.8 Å². The van der Waals surface area contributed by atoms with Gasteiger partial charge in [0.15, 0.2) is 0 Å². The van der Waals surface area contributed by atoms with Crippen LogP contribution in [0.5, 0.6) is 0 Å². The Kier molecular flexibility index (Phi) is 6.13. The lowest BCUT2D eigenvalue weighted by Crippen LogP contribution is -1.99. The molecular weight excluding hydrogens is 440 g/mol. The van der Waals surface area contributed by atoms with Crippen molar-refractivity contribution in [3.05, 3.63) is 68.7 Å². The van der Waals surface area contributed by atoms with Gasteiger partial charge in [-0.15, -0.1) is 0 Å². The van der Waals surface area contributed by atoms with E-state index in [9.17, 15) is 0 Å². The summed E-state index contributed by atoms with van der Waals surface area (Å²) in [5, 5.41) is 9.36. The van der Waals surface area contributed by atoms with Crippen molar-refractivity contribution in [2.45, 2.75) is 39.2 Å². The van der Waals surface area contributed by atoms with Gasteiger partial charge in [-0.3, -0.25) is 0 Å². The Morgan fingerprint density at radius 2 is 1.84 bits per heavy atom. The van der Waals surface area contributed by atoms with Crippen molar-refractivity contribution in [2.24, 2.45) is 0 Å². The van der Waals surface area contributed by atoms with E-state index in [1.807, 2.05) is 6.07 Å². The summed E-state index contributed by atoms with van der Waals surface area (Å²) in [5.41, 5.74) is 4.69. The summed E-state index contributed by atoms with van der Waals surface area (Å²) in [6.45, 7) is 2.97. The summed E-state index contributed by atoms with van der Waals surface area (Å²) < 4.78 is 4.56. The Balaban J connectivity index is 1.93. The molecule has 0 atom stereocenters. The quantitative estimate of drug-likeness (QED) is 0.368. The highest BCUT2D eigenvalue weighted by Gasteiger charge is 2.11. The van der Waals surface area contributed by atoms with Crippen molar-refractivity contribution in [1.29, 1.82) is 5.41 Å². The highest BCUT2D eigenvalue weighted by Crippen LogP contribution is 2.28. The molecular formula is C21H22Br2N2. The number of nitrogens with one attached hydrogen (secondary N) is 1. The first-order chi connectivity index (χ1) is 12.1. The summed E-state index contributed by atoms with van der Waals surface area (Å²) in [7, 11) is 0. The fourth-order valence-electron chi connectivity index (χ4n) is 3.20. The molecule has 0 radical (unpaired) electrons. The van der Waals surface area contributed by atoms with Gasteiger partial charge in [-0.1, -0.05) is 63.4 Å². The second-order valence-electron chi connectivity index (χ2n) is 6.39. The lowest BCUT2D eigenvalue weighted by molar-refractivity contribution is 0.824. The molecule has 3 aromatic rings. The number of aromatic nitrogens is 1. The van der Waals surface area contributed by atoms with Crippen LogP contribution in [-0.4, -0.2) is 10.3 Å². The van der Waals surface area contributed by atoms with Gasteiger partial charge in [0.25, 0.3) is 0 Å². The Hall–Kier alpha value is -1.39. The lowest BCUT2D eigenvalue weighted by atomic mass is 10.0. The van der Waals surface area contributed by atoms with Crippen LogP contribution in [0.4, 0.5) is 0 Å². The minimum atomic E-state index is 0.839. The highest BCUT2D eigenvalue weighted by atomic mass is 79.9. The van der Waals surface area contributed by atoms with E-state index in [2.05, 4.69) is 85.9 Å². The predicted molar refractivity (Wildman–Crippen MR) is 114 cm³/mol. The van der Waals surface area contributed by atoms with E-state index in [1.54, 1.807) is 0 Å². The lowest BCUT2D eigenvalue weighted by Gasteiger charge is -2.07. The molecule has 0 bridgehead atoms. The minimum absolute atomic E-state index is 0.839. The van der Waals surface area contributed by atoms with Gasteiger partial charge in [0, 0.05) is 38.3 Å². The van der Waals surface area contributed by atoms with Crippen LogP contribution < -0.4 is 0 Å². The fourth-order valence-corrected chi connectivity index (χ4v) is 3.97. The molecule has 2 aromatic carbocycles. The number of hydrogen-bond acceptors (Lipinski definition) is 1. The first-order valence-corrected chi connectivity index (χ1v) is 10.2. The average Bonchev–Trinajstić information content (AvgIpc) is 2.92. The van der Waals surface area contributed by atoms with E-state index in [4.69, 9.17) is 5.41 Å². The summed E-state index contributed by atoms with van der Waals surface area (Å²) in [6.07, 6.45) is 5.98. The van der Waals surface area contributed by atoms with E-state index in [0.29, 0.717) is 0 Å². The summed E-state index contributed by atoms with van der Waals surface area (Å²) in [6, 6.07) is 14.8. The number of halogens is 2. The van der Waals surface area contributed by atoms with E-state index < -0.39 is 0 Å². The maximum Gasteiger partial charge on any atom is 0.0487 e. The van der Waals surface area contributed by atoms with Gasteiger partial charge in [0.05, 0.1) is 0 Å². The van der Waals surface area contributed by atoms with Crippen LogP contribution in [0.15, 0.2) is 57.6 Å². The number of hydrogen-bond donors (Lipinski definition) is 1. The zero-order valence-electron chi connectivity index (χ0n) is 14.4. The Labute approximate surface area is 166 Å². The molecule has 0 aliphatic carbocycles. The first kappa shape index (κ1) is 18.4. The number of nitrogens with zero attached hydrogens (tertiary/aromatic N) is 1. The van der Waals surface area contributed by atoms with Gasteiger partial charge >= 0.3 is 0 Å². The van der Waals surface area contributed by atoms with Crippen molar-refractivity contribution in [3.63, 3.8) is 0 Å². The van der Waals surface area contributed by atoms with Crippen LogP contribution in [0.1, 0.15) is 37.3 Å². The van der Waals surface area contributed by atoms with Crippen LogP contribution >= 0.6 is 31.9 Å². The van der Waals surface area contributed by atoms with E-state index in [1.165, 1.54) is 22.0 Å². The van der Waals surface area contributed by atoms with Gasteiger partial charge in [-0.05, 0) is 54.7 Å². The third-order valence-corrected chi connectivity index (χ3v) is 5.74. The standard InChI is InChI=1S/C21H22Br2N2/c1-2-5-18(24)10-8-15-13-25(14-16-6-3-4-7-20(16)23)21-11-9-17(22)12-19(15)21/h3-4,6-7,9,11-13,24H,2,5,8,10,14H2,1H3. The predicted octanol–water partition coefficient (Wildman–Crippen LogP) is 6.97. The van der Waals surface area contributed by atoms with Crippen molar-refractivity contribution in [1.82, 2.24) is 4.57 Å². The third-order valence-electron chi connectivity index (χ3n) is 4.47. The molecule has 1 N–H and O–H groups in total. The molecule has 4 heteroatoms. The molecule has 130 valence electrons. The van der Waals surface area contributed by atoms with E-state index in [-0.39, 0.29) is 0 Å². The van der Waals surface area contributed by atoms with E-state index >= 15 is 0 Å². The van der Waals surface area contributed by atoms with Crippen LogP contribution in [0, 0.1) is 5.41 Å². The SMILES string of the molecule is CCCC(=N)CCc1cn(Cc2ccccc2Br)c2ccc(Br)cc12. The Morgan fingerprint density at radius 3 is 2.60 bits per heavy atom. The second-order valence-corrected chi connectivity index (χ2v) is 8.16. The minimum Gasteiger partial charge on any atom is -0.343 e. The first-order valence-electron chi connectivity index (χ1n) is 8.65. The molecule has 0 saturated heterocycles. The number of rotatable bonds is 7. The summed E-state index contributed by atoms with van der Waals surface area (Å²) in [4.78, 5) is 0. The molecule has 25 heavy (non-hydrogen) atoms. The van der Waals surface area contributed by atoms with Gasteiger partial charge in [-0.2, -0.15) is 0 Å². The summed E-state index contributed by atoms with van der Waals surface area (Å²) in [5.74, 6) is 0. The fraction of sp³-hybridized carbons (Fsp3) is 0.286. The summed E-state index contributed by atoms with van der Waals surface area (Å²) >= 11 is 7.25. The third kappa shape index (κ3) is 4.42. The molecule has 0 unspecified atom stereocenters. The van der Waals surface area contributed by atoms with Crippen LogP contribution in [-0.2, 0) is 13.0 Å². The second kappa shape index (κ2) is 8.33. The van der Waals surface area contributed by atoms with Crippen LogP contribution in [0.3, 0.4) is 0 Å². The van der Waals surface area contributed by atoms with Crippen molar-refractivity contribution >= 4 is 48.5 Å². The van der Waals surface area contributed by atoms with E-state index in [0.717, 1.165) is 46.9 Å². The molecule has 2 nitrogen and oxygen atoms in total. The van der Waals surface area contributed by atoms with Crippen molar-refractivity contribution < 1.29 is 0 Å². The van der Waals surface area contributed by atoms with Crippen molar-refractivity contribution in [2.75, 3.05) is 0 Å². The largest absolute Gasteiger partial charge is 0.343 e. The van der Waals surface area contributed by atoms with Gasteiger partial charge in [0.1, 0.15) is 0 Å². The molecule has 0 saturated carbocycles. The Morgan fingerprint density at radius 1 is 1.04 bits per heavy atom. The Bertz CT molecular complexity index is 896. The molecule has 0 fully saturated rings. The molecule has 1 aromatic heterocycles. The molecule has 0 spiro atoms. The van der Waals surface area contributed by atoms with Gasteiger partial charge in [-0.25, -0.2) is 0 Å². The zero-order chi connectivity index (χ0) is 17.8. The molecule has 0 aliphatic rings. The smallest absolute Gasteiger partial charge is 0.0487 e. The average molecular weight is 462 g/mol. The molecule has 3 rings (SSSR count). The maximum atomic E-state index is 8.08. The highest BCUT2D eigenvalue weighted by molar-refractivity contribution is 9.10. The van der Waals surface area contributed by atoms with Gasteiger partial charge in [0.2, 0.25) is 0 Å². The molecule has 0 amide bonds.